The Morgan fingerprint density at radius 1 is 1.53 bits per heavy atom. The van der Waals surface area contributed by atoms with Gasteiger partial charge in [0.2, 0.25) is 0 Å². The highest BCUT2D eigenvalue weighted by atomic mass is 32.1. The summed E-state index contributed by atoms with van der Waals surface area (Å²) in [4.78, 5) is 15.8. The molecule has 1 fully saturated rings. The number of carbonyl (C=O) groups is 1. The first-order chi connectivity index (χ1) is 9.06. The largest absolute Gasteiger partial charge is 0.303 e. The first kappa shape index (κ1) is 14.7. The average molecular weight is 279 g/mol. The number of nitrogens with zero attached hydrogens (tertiary/aromatic N) is 1. The third kappa shape index (κ3) is 4.15. The lowest BCUT2D eigenvalue weighted by Crippen LogP contribution is -2.39. The fraction of sp³-hybridized carbons (Fsp3) is 0.688. The molecule has 3 atom stereocenters. The highest BCUT2D eigenvalue weighted by molar-refractivity contribution is 7.09. The third-order valence-electron chi connectivity index (χ3n) is 4.36. The Balaban J connectivity index is 1.85. The lowest BCUT2D eigenvalue weighted by atomic mass is 9.81. The van der Waals surface area contributed by atoms with Crippen LogP contribution in [0, 0.1) is 11.8 Å². The van der Waals surface area contributed by atoms with Gasteiger partial charge in [0, 0.05) is 29.8 Å². The van der Waals surface area contributed by atoms with Gasteiger partial charge in [-0.25, -0.2) is 0 Å². The number of hydrogen-bond donors (Lipinski definition) is 0. The summed E-state index contributed by atoms with van der Waals surface area (Å²) in [5.74, 6) is 1.46. The van der Waals surface area contributed by atoms with Crippen molar-refractivity contribution in [1.82, 2.24) is 4.90 Å². The van der Waals surface area contributed by atoms with Gasteiger partial charge in [-0.15, -0.1) is 11.3 Å². The van der Waals surface area contributed by atoms with Crippen molar-refractivity contribution < 1.29 is 4.79 Å². The molecule has 0 amide bonds. The summed E-state index contributed by atoms with van der Waals surface area (Å²) < 4.78 is 0. The molecule has 1 aromatic heterocycles. The third-order valence-corrected chi connectivity index (χ3v) is 5.26. The van der Waals surface area contributed by atoms with Gasteiger partial charge in [-0.2, -0.15) is 0 Å². The van der Waals surface area contributed by atoms with E-state index in [1.165, 1.54) is 4.88 Å². The maximum atomic E-state index is 12.0. The first-order valence-electron chi connectivity index (χ1n) is 7.31. The second kappa shape index (κ2) is 6.67. The Morgan fingerprint density at radius 2 is 2.32 bits per heavy atom. The van der Waals surface area contributed by atoms with Crippen molar-refractivity contribution in [2.75, 3.05) is 13.6 Å². The highest BCUT2D eigenvalue weighted by Crippen LogP contribution is 2.27. The number of rotatable bonds is 5. The van der Waals surface area contributed by atoms with Crippen LogP contribution in [0.25, 0.3) is 0 Å². The summed E-state index contributed by atoms with van der Waals surface area (Å²) in [6.45, 7) is 5.46. The molecule has 106 valence electrons. The van der Waals surface area contributed by atoms with Gasteiger partial charge in [0.05, 0.1) is 0 Å². The zero-order valence-electron chi connectivity index (χ0n) is 12.3. The zero-order valence-corrected chi connectivity index (χ0v) is 13.1. The molecule has 1 aromatic rings. The number of thiophene rings is 1. The number of ketones is 1. The average Bonchev–Trinajstić information content (AvgIpc) is 2.86. The minimum atomic E-state index is 0.263. The molecule has 1 aliphatic carbocycles. The monoisotopic (exact) mass is 279 g/mol. The highest BCUT2D eigenvalue weighted by Gasteiger charge is 2.28. The fourth-order valence-corrected chi connectivity index (χ4v) is 3.73. The quantitative estimate of drug-likeness (QED) is 0.820. The molecule has 2 rings (SSSR count). The van der Waals surface area contributed by atoms with Crippen LogP contribution in [0.2, 0.25) is 0 Å². The van der Waals surface area contributed by atoms with Crippen LogP contribution in [0.1, 0.15) is 38.0 Å². The van der Waals surface area contributed by atoms with Crippen LogP contribution < -0.4 is 0 Å². The van der Waals surface area contributed by atoms with Gasteiger partial charge in [-0.05, 0) is 50.6 Å². The molecule has 0 N–H and O–H groups in total. The molecule has 19 heavy (non-hydrogen) atoms. The zero-order chi connectivity index (χ0) is 13.8. The molecule has 1 aliphatic rings. The summed E-state index contributed by atoms with van der Waals surface area (Å²) in [6.07, 6.45) is 4.04. The Kier molecular flexibility index (Phi) is 5.17. The van der Waals surface area contributed by atoms with Gasteiger partial charge >= 0.3 is 0 Å². The van der Waals surface area contributed by atoms with Crippen LogP contribution >= 0.6 is 11.3 Å². The topological polar surface area (TPSA) is 20.3 Å². The van der Waals surface area contributed by atoms with Crippen LogP contribution in [0.5, 0.6) is 0 Å². The summed E-state index contributed by atoms with van der Waals surface area (Å²) in [6, 6.07) is 4.81. The van der Waals surface area contributed by atoms with E-state index in [0.29, 0.717) is 17.7 Å². The van der Waals surface area contributed by atoms with E-state index in [0.717, 1.165) is 32.2 Å². The summed E-state index contributed by atoms with van der Waals surface area (Å²) in [7, 11) is 2.16. The number of likely N-dealkylation sites (N-methyl/N-ethyl adjacent to an activating group) is 1. The van der Waals surface area contributed by atoms with Crippen LogP contribution in [0.4, 0.5) is 0 Å². The molecular formula is C16H25NOS. The lowest BCUT2D eigenvalue weighted by Gasteiger charge is -2.32. The summed E-state index contributed by atoms with van der Waals surface area (Å²) >= 11 is 1.82. The van der Waals surface area contributed by atoms with Crippen molar-refractivity contribution in [3.63, 3.8) is 0 Å². The van der Waals surface area contributed by atoms with Gasteiger partial charge < -0.3 is 4.90 Å². The molecule has 1 saturated carbocycles. The van der Waals surface area contributed by atoms with Gasteiger partial charge in [-0.1, -0.05) is 13.0 Å². The molecular weight excluding hydrogens is 254 g/mol. The van der Waals surface area contributed by atoms with Crippen molar-refractivity contribution in [3.05, 3.63) is 22.4 Å². The molecule has 0 aliphatic heterocycles. The van der Waals surface area contributed by atoms with E-state index >= 15 is 0 Å². The summed E-state index contributed by atoms with van der Waals surface area (Å²) in [5, 5.41) is 2.13. The smallest absolute Gasteiger partial charge is 0.137 e. The molecule has 0 bridgehead atoms. The Hall–Kier alpha value is -0.670. The Bertz CT molecular complexity index is 401. The molecule has 3 unspecified atom stereocenters. The van der Waals surface area contributed by atoms with Gasteiger partial charge in [0.1, 0.15) is 5.78 Å². The number of hydrogen-bond acceptors (Lipinski definition) is 3. The minimum absolute atomic E-state index is 0.263. The van der Waals surface area contributed by atoms with E-state index in [1.54, 1.807) is 0 Å². The molecule has 0 aromatic carbocycles. The summed E-state index contributed by atoms with van der Waals surface area (Å²) in [5.41, 5.74) is 0. The van der Waals surface area contributed by atoms with E-state index in [-0.39, 0.29) is 5.92 Å². The van der Waals surface area contributed by atoms with Crippen molar-refractivity contribution in [2.24, 2.45) is 11.8 Å². The Labute approximate surface area is 120 Å². The van der Waals surface area contributed by atoms with Crippen molar-refractivity contribution in [3.8, 4) is 0 Å². The molecule has 0 saturated heterocycles. The SMILES string of the molecule is CC1CCC(=O)C(CN(C)C(C)Cc2cccs2)C1. The number of Topliss-reactive ketones (excluding diaryl/α,β-unsaturated/α-hetero) is 1. The van der Waals surface area contributed by atoms with E-state index in [1.807, 2.05) is 11.3 Å². The fourth-order valence-electron chi connectivity index (χ4n) is 2.91. The molecule has 1 heterocycles. The van der Waals surface area contributed by atoms with E-state index in [9.17, 15) is 4.79 Å². The predicted octanol–water partition coefficient (Wildman–Crippen LogP) is 3.62. The number of carbonyl (C=O) groups excluding carboxylic acids is 1. The standard InChI is InChI=1S/C16H25NOS/c1-12-6-7-16(18)14(9-12)11-17(3)13(2)10-15-5-4-8-19-15/h4-5,8,12-14H,6-7,9-11H2,1-3H3. The lowest BCUT2D eigenvalue weighted by molar-refractivity contribution is -0.126. The van der Waals surface area contributed by atoms with Crippen LogP contribution in [-0.4, -0.2) is 30.3 Å². The van der Waals surface area contributed by atoms with Crippen LogP contribution in [0.15, 0.2) is 17.5 Å². The van der Waals surface area contributed by atoms with Crippen molar-refractivity contribution in [2.45, 2.75) is 45.6 Å². The Morgan fingerprint density at radius 3 is 3.00 bits per heavy atom. The molecule has 0 spiro atoms. The second-order valence-electron chi connectivity index (χ2n) is 6.11. The van der Waals surface area contributed by atoms with E-state index in [2.05, 4.69) is 43.3 Å². The van der Waals surface area contributed by atoms with Gasteiger partial charge in [0.15, 0.2) is 0 Å². The maximum Gasteiger partial charge on any atom is 0.137 e. The second-order valence-corrected chi connectivity index (χ2v) is 7.15. The van der Waals surface area contributed by atoms with Gasteiger partial charge in [0.25, 0.3) is 0 Å². The van der Waals surface area contributed by atoms with Gasteiger partial charge in [-0.3, -0.25) is 4.79 Å². The van der Waals surface area contributed by atoms with Crippen LogP contribution in [-0.2, 0) is 11.2 Å². The minimum Gasteiger partial charge on any atom is -0.303 e. The van der Waals surface area contributed by atoms with Crippen molar-refractivity contribution >= 4 is 17.1 Å². The van der Waals surface area contributed by atoms with E-state index < -0.39 is 0 Å². The normalized spacial score (nSPS) is 25.8. The molecule has 0 radical (unpaired) electrons. The first-order valence-corrected chi connectivity index (χ1v) is 8.19. The predicted molar refractivity (Wildman–Crippen MR) is 81.6 cm³/mol. The molecule has 2 nitrogen and oxygen atoms in total. The maximum absolute atomic E-state index is 12.0. The van der Waals surface area contributed by atoms with E-state index in [4.69, 9.17) is 0 Å². The molecule has 3 heteroatoms. The van der Waals surface area contributed by atoms with Crippen LogP contribution in [0.3, 0.4) is 0 Å². The van der Waals surface area contributed by atoms with Crippen molar-refractivity contribution in [1.29, 1.82) is 0 Å².